The molecule has 0 amide bonds. The molecule has 6 heteroatoms. The molecule has 0 radical (unpaired) electrons. The molecule has 18 heavy (non-hydrogen) atoms. The Labute approximate surface area is 108 Å². The van der Waals surface area contributed by atoms with Gasteiger partial charge in [-0.2, -0.15) is 5.10 Å². The molecular weight excluding hydrogens is 232 g/mol. The van der Waals surface area contributed by atoms with Gasteiger partial charge < -0.3 is 20.2 Å². The quantitative estimate of drug-likeness (QED) is 0.664. The van der Waals surface area contributed by atoms with Crippen LogP contribution in [0.3, 0.4) is 0 Å². The number of hydrogen-bond donors (Lipinski definition) is 1. The maximum absolute atomic E-state index is 10.5. The zero-order valence-corrected chi connectivity index (χ0v) is 11.3. The van der Waals surface area contributed by atoms with E-state index in [-0.39, 0.29) is 0 Å². The molecular formula is C12H22N4O2. The van der Waals surface area contributed by atoms with E-state index in [1.54, 1.807) is 7.11 Å². The molecule has 0 aliphatic carbocycles. The summed E-state index contributed by atoms with van der Waals surface area (Å²) in [5.74, 6) is 1.01. The van der Waals surface area contributed by atoms with Gasteiger partial charge in [-0.05, 0) is 6.42 Å². The highest BCUT2D eigenvalue weighted by molar-refractivity contribution is 5.56. The van der Waals surface area contributed by atoms with E-state index in [2.05, 4.69) is 5.10 Å². The van der Waals surface area contributed by atoms with Crippen LogP contribution in [0.5, 0.6) is 0 Å². The number of aromatic nitrogens is 2. The highest BCUT2D eigenvalue weighted by Crippen LogP contribution is 2.15. The van der Waals surface area contributed by atoms with Crippen molar-refractivity contribution in [3.8, 4) is 0 Å². The average Bonchev–Trinajstić information content (AvgIpc) is 2.76. The largest absolute Gasteiger partial charge is 0.384 e. The number of aryl methyl sites for hydroxylation is 1. The van der Waals surface area contributed by atoms with Gasteiger partial charge in [-0.25, -0.2) is 4.68 Å². The minimum atomic E-state index is -0.424. The Morgan fingerprint density at radius 3 is 2.89 bits per heavy atom. The Hall–Kier alpha value is -1.40. The summed E-state index contributed by atoms with van der Waals surface area (Å²) in [6.45, 7) is 1.29. The van der Waals surface area contributed by atoms with E-state index in [1.165, 1.54) is 0 Å². The van der Waals surface area contributed by atoms with Crippen LogP contribution in [0.1, 0.15) is 12.1 Å². The van der Waals surface area contributed by atoms with Crippen molar-refractivity contribution in [2.75, 3.05) is 32.7 Å². The molecule has 0 aliphatic rings. The number of aldehydes is 1. The number of carbonyl (C=O) groups is 1. The van der Waals surface area contributed by atoms with E-state index in [0.717, 1.165) is 24.2 Å². The second-order valence-electron chi connectivity index (χ2n) is 4.44. The Balaban J connectivity index is 2.73. The van der Waals surface area contributed by atoms with Crippen molar-refractivity contribution < 1.29 is 9.53 Å². The Morgan fingerprint density at radius 2 is 2.33 bits per heavy atom. The smallest absolute Gasteiger partial charge is 0.136 e. The summed E-state index contributed by atoms with van der Waals surface area (Å²) in [4.78, 5) is 12.5. The molecule has 1 rings (SSSR count). The minimum Gasteiger partial charge on any atom is -0.384 e. The van der Waals surface area contributed by atoms with Crippen molar-refractivity contribution >= 4 is 12.1 Å². The Morgan fingerprint density at radius 1 is 1.61 bits per heavy atom. The van der Waals surface area contributed by atoms with Crippen LogP contribution in [-0.2, 0) is 22.5 Å². The zero-order valence-electron chi connectivity index (χ0n) is 11.3. The van der Waals surface area contributed by atoms with Gasteiger partial charge in [0.25, 0.3) is 0 Å². The summed E-state index contributed by atoms with van der Waals surface area (Å²) in [6.07, 6.45) is 2.14. The first-order chi connectivity index (χ1) is 8.58. The lowest BCUT2D eigenvalue weighted by Crippen LogP contribution is -2.24. The van der Waals surface area contributed by atoms with Gasteiger partial charge in [0.2, 0.25) is 0 Å². The first-order valence-electron chi connectivity index (χ1n) is 6.02. The minimum absolute atomic E-state index is 0.424. The monoisotopic (exact) mass is 254 g/mol. The molecule has 1 aromatic heterocycles. The topological polar surface area (TPSA) is 73.4 Å². The van der Waals surface area contributed by atoms with Crippen molar-refractivity contribution in [2.24, 2.45) is 5.73 Å². The van der Waals surface area contributed by atoms with E-state index in [1.807, 2.05) is 29.7 Å². The fourth-order valence-electron chi connectivity index (χ4n) is 1.65. The van der Waals surface area contributed by atoms with Crippen LogP contribution in [0.25, 0.3) is 0 Å². The van der Waals surface area contributed by atoms with Gasteiger partial charge in [-0.15, -0.1) is 0 Å². The second kappa shape index (κ2) is 7.13. The molecule has 1 unspecified atom stereocenters. The van der Waals surface area contributed by atoms with E-state index < -0.39 is 6.04 Å². The van der Waals surface area contributed by atoms with Crippen molar-refractivity contribution in [3.63, 3.8) is 0 Å². The second-order valence-corrected chi connectivity index (χ2v) is 4.44. The number of methoxy groups -OCH3 is 1. The number of hydrogen-bond acceptors (Lipinski definition) is 5. The number of ether oxygens (including phenoxy) is 1. The molecule has 0 aliphatic heterocycles. The van der Waals surface area contributed by atoms with E-state index in [0.29, 0.717) is 19.6 Å². The van der Waals surface area contributed by atoms with Gasteiger partial charge in [-0.3, -0.25) is 0 Å². The molecule has 0 saturated carbocycles. The highest BCUT2D eigenvalue weighted by Gasteiger charge is 2.10. The van der Waals surface area contributed by atoms with Gasteiger partial charge >= 0.3 is 0 Å². The number of anilines is 1. The first kappa shape index (κ1) is 14.7. The van der Waals surface area contributed by atoms with Crippen LogP contribution >= 0.6 is 0 Å². The number of rotatable bonds is 8. The lowest BCUT2D eigenvalue weighted by molar-refractivity contribution is -0.109. The molecule has 0 saturated heterocycles. The maximum Gasteiger partial charge on any atom is 0.136 e. The third-order valence-electron chi connectivity index (χ3n) is 2.68. The molecule has 1 atom stereocenters. The van der Waals surface area contributed by atoms with Crippen LogP contribution < -0.4 is 10.6 Å². The van der Waals surface area contributed by atoms with E-state index >= 15 is 0 Å². The van der Waals surface area contributed by atoms with E-state index in [4.69, 9.17) is 10.5 Å². The molecule has 6 nitrogen and oxygen atoms in total. The predicted octanol–water partition coefficient (Wildman–Crippen LogP) is 0.0543. The van der Waals surface area contributed by atoms with E-state index in [9.17, 15) is 4.79 Å². The molecule has 0 spiro atoms. The SMILES string of the molecule is COCCc1cc(N(C)C)n(CCC(N)C=O)n1. The summed E-state index contributed by atoms with van der Waals surface area (Å²) >= 11 is 0. The fraction of sp³-hybridized carbons (Fsp3) is 0.667. The molecule has 0 fully saturated rings. The molecule has 1 aromatic rings. The number of nitrogens with two attached hydrogens (primary N) is 1. The van der Waals surface area contributed by atoms with Crippen molar-refractivity contribution in [1.82, 2.24) is 9.78 Å². The standard InChI is InChI=1S/C12H22N4O2/c1-15(2)12-8-11(5-7-18-3)14-16(12)6-4-10(13)9-17/h8-10H,4-7,13H2,1-3H3. The van der Waals surface area contributed by atoms with Crippen LogP contribution in [-0.4, -0.2) is 49.9 Å². The van der Waals surface area contributed by atoms with Gasteiger partial charge in [-0.1, -0.05) is 0 Å². The number of carbonyl (C=O) groups excluding carboxylic acids is 1. The average molecular weight is 254 g/mol. The van der Waals surface area contributed by atoms with Gasteiger partial charge in [0.1, 0.15) is 12.1 Å². The Kier molecular flexibility index (Phi) is 5.80. The molecule has 1 heterocycles. The van der Waals surface area contributed by atoms with Crippen LogP contribution in [0.2, 0.25) is 0 Å². The highest BCUT2D eigenvalue weighted by atomic mass is 16.5. The fourth-order valence-corrected chi connectivity index (χ4v) is 1.65. The third-order valence-corrected chi connectivity index (χ3v) is 2.68. The third kappa shape index (κ3) is 4.12. The van der Waals surface area contributed by atoms with Crippen LogP contribution in [0.4, 0.5) is 5.82 Å². The van der Waals surface area contributed by atoms with Gasteiger partial charge in [0, 0.05) is 40.2 Å². The number of nitrogens with zero attached hydrogens (tertiary/aromatic N) is 3. The summed E-state index contributed by atoms with van der Waals surface area (Å²) in [6, 6.07) is 1.61. The summed E-state index contributed by atoms with van der Waals surface area (Å²) in [5.41, 5.74) is 6.58. The summed E-state index contributed by atoms with van der Waals surface area (Å²) < 4.78 is 6.93. The van der Waals surface area contributed by atoms with Crippen molar-refractivity contribution in [1.29, 1.82) is 0 Å². The maximum atomic E-state index is 10.5. The van der Waals surface area contributed by atoms with Crippen molar-refractivity contribution in [2.45, 2.75) is 25.4 Å². The lowest BCUT2D eigenvalue weighted by Gasteiger charge is -2.14. The van der Waals surface area contributed by atoms with Gasteiger partial charge in [0.15, 0.2) is 0 Å². The molecule has 102 valence electrons. The van der Waals surface area contributed by atoms with Crippen molar-refractivity contribution in [3.05, 3.63) is 11.8 Å². The molecule has 0 bridgehead atoms. The van der Waals surface area contributed by atoms with Crippen LogP contribution in [0, 0.1) is 0 Å². The first-order valence-corrected chi connectivity index (χ1v) is 6.02. The normalized spacial score (nSPS) is 12.4. The molecule has 0 aromatic carbocycles. The summed E-state index contributed by atoms with van der Waals surface area (Å²) in [5, 5.41) is 4.50. The summed E-state index contributed by atoms with van der Waals surface area (Å²) in [7, 11) is 5.60. The molecule has 2 N–H and O–H groups in total. The lowest BCUT2D eigenvalue weighted by atomic mass is 10.2. The Bertz CT molecular complexity index is 376. The van der Waals surface area contributed by atoms with Crippen LogP contribution in [0.15, 0.2) is 6.07 Å². The zero-order chi connectivity index (χ0) is 13.5. The van der Waals surface area contributed by atoms with Gasteiger partial charge in [0.05, 0.1) is 18.3 Å². The predicted molar refractivity (Wildman–Crippen MR) is 70.8 cm³/mol.